The van der Waals surface area contributed by atoms with E-state index in [2.05, 4.69) is 58.0 Å². The molecular formula is C22H20N4O2. The van der Waals surface area contributed by atoms with Crippen LogP contribution in [0.3, 0.4) is 0 Å². The van der Waals surface area contributed by atoms with Crippen LogP contribution in [0.15, 0.2) is 71.8 Å². The third kappa shape index (κ3) is 3.57. The van der Waals surface area contributed by atoms with Crippen molar-refractivity contribution in [3.63, 3.8) is 0 Å². The lowest BCUT2D eigenvalue weighted by atomic mass is 10.2. The van der Waals surface area contributed by atoms with Gasteiger partial charge in [0.15, 0.2) is 0 Å². The summed E-state index contributed by atoms with van der Waals surface area (Å²) in [6.07, 6.45) is 3.10. The third-order valence-corrected chi connectivity index (χ3v) is 4.51. The second-order valence-electron chi connectivity index (χ2n) is 6.44. The Kier molecular flexibility index (Phi) is 4.76. The largest absolute Gasteiger partial charge is 0.426 e. The molecule has 4 rings (SSSR count). The Balaban J connectivity index is 1.58. The SMILES string of the molecule is CCN(c1ccc(C)cc1)c1ccc(Oc2nc3cnccc3c(=O)[nH]2)cc1. The van der Waals surface area contributed by atoms with Crippen LogP contribution >= 0.6 is 0 Å². The molecule has 0 aliphatic heterocycles. The summed E-state index contributed by atoms with van der Waals surface area (Å²) in [5, 5.41) is 0.481. The molecule has 0 radical (unpaired) electrons. The molecule has 0 amide bonds. The Labute approximate surface area is 162 Å². The topological polar surface area (TPSA) is 71.1 Å². The molecule has 6 nitrogen and oxygen atoms in total. The van der Waals surface area contributed by atoms with Crippen molar-refractivity contribution in [1.29, 1.82) is 0 Å². The smallest absolute Gasteiger partial charge is 0.302 e. The molecular weight excluding hydrogens is 352 g/mol. The molecule has 0 saturated carbocycles. The number of hydrogen-bond acceptors (Lipinski definition) is 5. The predicted molar refractivity (Wildman–Crippen MR) is 111 cm³/mol. The molecule has 2 aromatic heterocycles. The number of H-pyrrole nitrogens is 1. The number of pyridine rings is 1. The van der Waals surface area contributed by atoms with E-state index < -0.39 is 0 Å². The minimum Gasteiger partial charge on any atom is -0.426 e. The summed E-state index contributed by atoms with van der Waals surface area (Å²) in [6, 6.07) is 17.9. The van der Waals surface area contributed by atoms with Gasteiger partial charge in [-0.25, -0.2) is 0 Å². The fourth-order valence-corrected chi connectivity index (χ4v) is 3.06. The number of ether oxygens (including phenoxy) is 1. The molecule has 1 N–H and O–H groups in total. The van der Waals surface area contributed by atoms with Crippen LogP contribution in [-0.2, 0) is 0 Å². The van der Waals surface area contributed by atoms with Gasteiger partial charge in [0.2, 0.25) is 0 Å². The first-order valence-electron chi connectivity index (χ1n) is 9.10. The van der Waals surface area contributed by atoms with Gasteiger partial charge >= 0.3 is 6.01 Å². The first-order chi connectivity index (χ1) is 13.6. The maximum Gasteiger partial charge on any atom is 0.302 e. The van der Waals surface area contributed by atoms with Gasteiger partial charge in [-0.05, 0) is 56.3 Å². The lowest BCUT2D eigenvalue weighted by Crippen LogP contribution is -2.15. The fraction of sp³-hybridized carbons (Fsp3) is 0.136. The van der Waals surface area contributed by atoms with Crippen LogP contribution in [0.25, 0.3) is 10.9 Å². The van der Waals surface area contributed by atoms with Crippen LogP contribution in [0.5, 0.6) is 11.8 Å². The van der Waals surface area contributed by atoms with Gasteiger partial charge in [-0.3, -0.25) is 14.8 Å². The summed E-state index contributed by atoms with van der Waals surface area (Å²) in [5.74, 6) is 0.593. The normalized spacial score (nSPS) is 10.8. The Bertz CT molecular complexity index is 1150. The number of aromatic amines is 1. The molecule has 0 aliphatic carbocycles. The van der Waals surface area contributed by atoms with E-state index in [0.717, 1.165) is 17.9 Å². The molecule has 140 valence electrons. The van der Waals surface area contributed by atoms with Gasteiger partial charge in [-0.2, -0.15) is 4.98 Å². The number of rotatable bonds is 5. The highest BCUT2D eigenvalue weighted by atomic mass is 16.5. The fourth-order valence-electron chi connectivity index (χ4n) is 3.06. The summed E-state index contributed by atoms with van der Waals surface area (Å²) in [5.41, 5.74) is 3.67. The van der Waals surface area contributed by atoms with E-state index in [1.54, 1.807) is 18.5 Å². The van der Waals surface area contributed by atoms with Gasteiger partial charge in [0, 0.05) is 24.1 Å². The van der Waals surface area contributed by atoms with E-state index in [4.69, 9.17) is 4.74 Å². The molecule has 0 atom stereocenters. The Morgan fingerprint density at radius 1 is 1.00 bits per heavy atom. The summed E-state index contributed by atoms with van der Waals surface area (Å²) in [6.45, 7) is 5.03. The number of benzene rings is 2. The average molecular weight is 372 g/mol. The second kappa shape index (κ2) is 7.52. The first kappa shape index (κ1) is 17.7. The minimum atomic E-state index is -0.254. The molecule has 0 saturated heterocycles. The van der Waals surface area contributed by atoms with Crippen LogP contribution in [0.4, 0.5) is 11.4 Å². The van der Waals surface area contributed by atoms with Crippen molar-refractivity contribution in [2.45, 2.75) is 13.8 Å². The average Bonchev–Trinajstić information content (AvgIpc) is 2.71. The minimum absolute atomic E-state index is 0.143. The van der Waals surface area contributed by atoms with Gasteiger partial charge in [0.05, 0.1) is 17.1 Å². The molecule has 28 heavy (non-hydrogen) atoms. The number of aromatic nitrogens is 3. The molecule has 4 aromatic rings. The van der Waals surface area contributed by atoms with E-state index in [1.165, 1.54) is 5.56 Å². The van der Waals surface area contributed by atoms with Crippen LogP contribution in [0.2, 0.25) is 0 Å². The lowest BCUT2D eigenvalue weighted by Gasteiger charge is -2.23. The molecule has 0 unspecified atom stereocenters. The van der Waals surface area contributed by atoms with E-state index in [1.807, 2.05) is 24.3 Å². The molecule has 2 aromatic carbocycles. The maximum absolute atomic E-state index is 12.1. The van der Waals surface area contributed by atoms with Crippen LogP contribution in [0.1, 0.15) is 12.5 Å². The van der Waals surface area contributed by atoms with Gasteiger partial charge in [-0.1, -0.05) is 17.7 Å². The number of aryl methyl sites for hydroxylation is 1. The Hall–Kier alpha value is -3.67. The van der Waals surface area contributed by atoms with Gasteiger partial charge in [-0.15, -0.1) is 0 Å². The third-order valence-electron chi connectivity index (χ3n) is 4.51. The highest BCUT2D eigenvalue weighted by Crippen LogP contribution is 2.28. The zero-order chi connectivity index (χ0) is 19.5. The number of anilines is 2. The first-order valence-corrected chi connectivity index (χ1v) is 9.10. The number of nitrogens with one attached hydrogen (secondary N) is 1. The van der Waals surface area contributed by atoms with Crippen molar-refractivity contribution < 1.29 is 4.74 Å². The van der Waals surface area contributed by atoms with Crippen molar-refractivity contribution in [2.75, 3.05) is 11.4 Å². The zero-order valence-electron chi connectivity index (χ0n) is 15.7. The summed E-state index contributed by atoms with van der Waals surface area (Å²) in [7, 11) is 0. The number of hydrogen-bond donors (Lipinski definition) is 1. The van der Waals surface area contributed by atoms with Crippen molar-refractivity contribution in [1.82, 2.24) is 15.0 Å². The summed E-state index contributed by atoms with van der Waals surface area (Å²) >= 11 is 0. The molecule has 2 heterocycles. The Morgan fingerprint density at radius 2 is 1.68 bits per heavy atom. The van der Waals surface area contributed by atoms with Gasteiger partial charge in [0.1, 0.15) is 5.75 Å². The van der Waals surface area contributed by atoms with Crippen molar-refractivity contribution in [3.05, 3.63) is 82.9 Å². The standard InChI is InChI=1S/C22H20N4O2/c1-3-26(16-6-4-15(2)5-7-16)17-8-10-18(11-9-17)28-22-24-20-14-23-13-12-19(20)21(27)25-22/h4-14H,3H2,1-2H3,(H,24,25,27). The van der Waals surface area contributed by atoms with Crippen molar-refractivity contribution in [3.8, 4) is 11.8 Å². The van der Waals surface area contributed by atoms with E-state index >= 15 is 0 Å². The maximum atomic E-state index is 12.1. The highest BCUT2D eigenvalue weighted by Gasteiger charge is 2.09. The molecule has 6 heteroatoms. The molecule has 0 aliphatic rings. The van der Waals surface area contributed by atoms with Crippen molar-refractivity contribution in [2.24, 2.45) is 0 Å². The van der Waals surface area contributed by atoms with E-state index in [9.17, 15) is 4.79 Å². The molecule has 0 spiro atoms. The van der Waals surface area contributed by atoms with Crippen LogP contribution in [0, 0.1) is 6.92 Å². The molecule has 0 bridgehead atoms. The number of nitrogens with zero attached hydrogens (tertiary/aromatic N) is 3. The summed E-state index contributed by atoms with van der Waals surface area (Å²) in [4.78, 5) is 25.3. The quantitative estimate of drug-likeness (QED) is 0.555. The van der Waals surface area contributed by atoms with Crippen LogP contribution in [-0.4, -0.2) is 21.5 Å². The summed E-state index contributed by atoms with van der Waals surface area (Å²) < 4.78 is 5.74. The molecule has 0 fully saturated rings. The van der Waals surface area contributed by atoms with E-state index in [-0.39, 0.29) is 11.6 Å². The van der Waals surface area contributed by atoms with Gasteiger partial charge in [0.25, 0.3) is 5.56 Å². The van der Waals surface area contributed by atoms with Crippen molar-refractivity contribution >= 4 is 22.3 Å². The lowest BCUT2D eigenvalue weighted by molar-refractivity contribution is 0.443. The zero-order valence-corrected chi connectivity index (χ0v) is 15.7. The van der Waals surface area contributed by atoms with E-state index in [0.29, 0.717) is 16.7 Å². The Morgan fingerprint density at radius 3 is 2.36 bits per heavy atom. The highest BCUT2D eigenvalue weighted by molar-refractivity contribution is 5.76. The predicted octanol–water partition coefficient (Wildman–Crippen LogP) is 4.58. The second-order valence-corrected chi connectivity index (χ2v) is 6.44. The number of fused-ring (bicyclic) bond motifs is 1. The van der Waals surface area contributed by atoms with Crippen LogP contribution < -0.4 is 15.2 Å². The monoisotopic (exact) mass is 372 g/mol. The van der Waals surface area contributed by atoms with Gasteiger partial charge < -0.3 is 9.64 Å².